The van der Waals surface area contributed by atoms with E-state index in [0.717, 1.165) is 22.2 Å². The van der Waals surface area contributed by atoms with Gasteiger partial charge in [0.25, 0.3) is 10.1 Å². The minimum atomic E-state index is -4.17. The fourth-order valence-electron chi connectivity index (χ4n) is 5.40. The number of para-hydroxylation sites is 2. The smallest absolute Gasteiger partial charge is 0.264 e. The number of hydrogen-bond acceptors (Lipinski definition) is 7. The number of rotatable bonds is 10. The van der Waals surface area contributed by atoms with Gasteiger partial charge < -0.3 is 15.3 Å². The minimum Gasteiger partial charge on any atom is -0.506 e. The predicted octanol–water partition coefficient (Wildman–Crippen LogP) is 3.70. The van der Waals surface area contributed by atoms with Gasteiger partial charge in [-0.15, -0.1) is 0 Å². The van der Waals surface area contributed by atoms with Crippen LogP contribution >= 0.6 is 0 Å². The number of nitrogens with one attached hydrogen (secondary N) is 1. The predicted molar refractivity (Wildman–Crippen MR) is 167 cm³/mol. The van der Waals surface area contributed by atoms with Gasteiger partial charge in [-0.05, 0) is 42.3 Å². The molecule has 2 aliphatic rings. The summed E-state index contributed by atoms with van der Waals surface area (Å²) in [7, 11) is -2.60. The summed E-state index contributed by atoms with van der Waals surface area (Å²) >= 11 is 0. The van der Waals surface area contributed by atoms with Crippen LogP contribution in [0.3, 0.4) is 0 Å². The number of hydrogen-bond donors (Lipinski definition) is 3. The molecule has 0 saturated heterocycles. The van der Waals surface area contributed by atoms with Crippen molar-refractivity contribution in [2.75, 3.05) is 24.2 Å². The van der Waals surface area contributed by atoms with E-state index in [0.29, 0.717) is 30.8 Å². The quantitative estimate of drug-likeness (QED) is 0.136. The molecule has 0 bridgehead atoms. The van der Waals surface area contributed by atoms with E-state index >= 15 is 0 Å². The normalized spacial score (nSPS) is 16.8. The molecule has 44 heavy (non-hydrogen) atoms. The number of fused-ring (bicyclic) bond motifs is 2. The Balaban J connectivity index is 1.54. The van der Waals surface area contributed by atoms with Crippen molar-refractivity contribution in [1.29, 1.82) is 0 Å². The first-order valence-corrected chi connectivity index (χ1v) is 15.8. The molecule has 0 atom stereocenters. The number of Topliss-reactive ketones (excluding diaryl/α,β-unsaturated/α-hetero) is 2. The van der Waals surface area contributed by atoms with Crippen LogP contribution in [0.2, 0.25) is 0 Å². The third kappa shape index (κ3) is 6.53. The highest BCUT2D eigenvalue weighted by molar-refractivity contribution is 7.85. The molecule has 0 fully saturated rings. The monoisotopic (exact) mass is 614 g/mol. The van der Waals surface area contributed by atoms with Crippen molar-refractivity contribution in [2.45, 2.75) is 25.8 Å². The fourth-order valence-corrected chi connectivity index (χ4v) is 5.90. The van der Waals surface area contributed by atoms with Gasteiger partial charge in [0.2, 0.25) is 28.7 Å². The summed E-state index contributed by atoms with van der Waals surface area (Å²) in [5, 5.41) is 14.8. The van der Waals surface area contributed by atoms with E-state index in [9.17, 15) is 32.5 Å². The lowest BCUT2D eigenvalue weighted by molar-refractivity contribution is -0.673. The van der Waals surface area contributed by atoms with Gasteiger partial charge in [0.1, 0.15) is 12.3 Å². The summed E-state index contributed by atoms with van der Waals surface area (Å²) in [6, 6.07) is 18.8. The second-order valence-corrected chi connectivity index (χ2v) is 12.0. The van der Waals surface area contributed by atoms with E-state index in [1.807, 2.05) is 65.2 Å². The van der Waals surface area contributed by atoms with Crippen molar-refractivity contribution in [3.8, 4) is 0 Å². The number of nitrogens with zero attached hydrogens (tertiary/aromatic N) is 2. The second kappa shape index (κ2) is 12.8. The molecular formula is C33H32N3O7S+. The van der Waals surface area contributed by atoms with E-state index in [1.54, 1.807) is 24.1 Å². The molecule has 3 aromatic rings. The number of benzene rings is 2. The van der Waals surface area contributed by atoms with Gasteiger partial charge in [0.05, 0.1) is 16.9 Å². The second-order valence-electron chi connectivity index (χ2n) is 10.5. The van der Waals surface area contributed by atoms with Crippen molar-refractivity contribution < 1.29 is 37.0 Å². The number of anilines is 1. The lowest BCUT2D eigenvalue weighted by Gasteiger charge is -2.30. The van der Waals surface area contributed by atoms with Crippen LogP contribution in [0, 0.1) is 0 Å². The van der Waals surface area contributed by atoms with Crippen molar-refractivity contribution in [3.63, 3.8) is 0 Å². The Morgan fingerprint density at radius 1 is 0.955 bits per heavy atom. The highest BCUT2D eigenvalue weighted by Gasteiger charge is 2.37. The molecule has 1 aliphatic carbocycles. The van der Waals surface area contributed by atoms with Gasteiger partial charge >= 0.3 is 0 Å². The third-order valence-corrected chi connectivity index (χ3v) is 8.39. The zero-order valence-corrected chi connectivity index (χ0v) is 24.9. The van der Waals surface area contributed by atoms with E-state index in [1.165, 1.54) is 12.2 Å². The van der Waals surface area contributed by atoms with Crippen molar-refractivity contribution >= 4 is 56.3 Å². The Morgan fingerprint density at radius 3 is 2.48 bits per heavy atom. The number of pyridine rings is 1. The number of carbonyl (C=O) groups excluding carboxylic acids is 3. The van der Waals surface area contributed by atoms with Crippen LogP contribution < -0.4 is 14.8 Å². The molecule has 0 radical (unpaired) electrons. The SMILES string of the molecule is CNC(=O)CCC[n+]1c(/C=C2\C(=O)C(=O)C(/C=C3\C=Cc4ccccc4N3CCCS(=O)(=O)O)=C2O)ccc2ccccc21. The van der Waals surface area contributed by atoms with Crippen LogP contribution in [0.4, 0.5) is 5.69 Å². The molecule has 1 aromatic heterocycles. The molecule has 5 rings (SSSR count). The first kappa shape index (κ1) is 30.6. The van der Waals surface area contributed by atoms with Crippen LogP contribution in [0.1, 0.15) is 30.5 Å². The maximum atomic E-state index is 13.2. The van der Waals surface area contributed by atoms with Crippen molar-refractivity contribution in [3.05, 3.63) is 107 Å². The lowest BCUT2D eigenvalue weighted by atomic mass is 10.0. The fraction of sp³-hybridized carbons (Fsp3) is 0.212. The summed E-state index contributed by atoms with van der Waals surface area (Å²) in [4.78, 5) is 40.0. The molecule has 10 nitrogen and oxygen atoms in total. The molecule has 1 amide bonds. The summed E-state index contributed by atoms with van der Waals surface area (Å²) < 4.78 is 33.9. The van der Waals surface area contributed by atoms with E-state index in [4.69, 9.17) is 0 Å². The number of allylic oxidation sites excluding steroid dienone is 4. The summed E-state index contributed by atoms with van der Waals surface area (Å²) in [5.41, 5.74) is 3.21. The molecule has 1 aliphatic heterocycles. The molecule has 0 spiro atoms. The number of aliphatic hydroxyl groups excluding tert-OH is 1. The molecule has 2 heterocycles. The Kier molecular flexibility index (Phi) is 8.88. The van der Waals surface area contributed by atoms with E-state index < -0.39 is 33.2 Å². The molecule has 0 saturated carbocycles. The van der Waals surface area contributed by atoms with E-state index in [-0.39, 0.29) is 30.0 Å². The van der Waals surface area contributed by atoms with Crippen LogP contribution in [-0.4, -0.2) is 54.9 Å². The highest BCUT2D eigenvalue weighted by Crippen LogP contribution is 2.34. The van der Waals surface area contributed by atoms with E-state index in [2.05, 4.69) is 5.32 Å². The Labute approximate surface area is 255 Å². The molecule has 0 unspecified atom stereocenters. The average molecular weight is 615 g/mol. The summed E-state index contributed by atoms with van der Waals surface area (Å²) in [6.45, 7) is 0.652. The maximum Gasteiger partial charge on any atom is 0.264 e. The molecule has 2 aromatic carbocycles. The third-order valence-electron chi connectivity index (χ3n) is 7.58. The number of aryl methyl sites for hydroxylation is 1. The Morgan fingerprint density at radius 2 is 1.70 bits per heavy atom. The topological polar surface area (TPSA) is 145 Å². The maximum absolute atomic E-state index is 13.2. The number of carbonyl (C=O) groups is 3. The number of aromatic nitrogens is 1. The zero-order chi connectivity index (χ0) is 31.4. The number of ketones is 2. The standard InChI is InChI=1S/C33H31N3O7S/c1-34-30(37)12-6-17-35-24(15-13-22-8-2-4-10-28(22)35)20-26-31(38)27(33(40)32(26)39)21-25-16-14-23-9-3-5-11-29(23)36(25)18-7-19-44(41,42)43/h2-5,8-11,13-16,20-21H,6-7,12,17-19H2,1H3,(H2-,34,37,38,39,40,41,42,43)/p+1. The lowest BCUT2D eigenvalue weighted by Crippen LogP contribution is -2.38. The van der Waals surface area contributed by atoms with Gasteiger partial charge in [-0.2, -0.15) is 13.0 Å². The van der Waals surface area contributed by atoms with Gasteiger partial charge in [0.15, 0.2) is 0 Å². The van der Waals surface area contributed by atoms with Crippen LogP contribution in [0.15, 0.2) is 95.4 Å². The Hall–Kier alpha value is -4.87. The number of aliphatic hydroxyl groups is 1. The molecule has 11 heteroatoms. The number of amides is 1. The zero-order valence-electron chi connectivity index (χ0n) is 24.1. The largest absolute Gasteiger partial charge is 0.506 e. The highest BCUT2D eigenvalue weighted by atomic mass is 32.2. The molecule has 226 valence electrons. The average Bonchev–Trinajstić information content (AvgIpc) is 3.20. The first-order valence-electron chi connectivity index (χ1n) is 14.2. The van der Waals surface area contributed by atoms with Crippen molar-refractivity contribution in [2.24, 2.45) is 0 Å². The van der Waals surface area contributed by atoms with Gasteiger partial charge in [-0.3, -0.25) is 18.9 Å². The van der Waals surface area contributed by atoms with Crippen LogP contribution in [0.5, 0.6) is 0 Å². The van der Waals surface area contributed by atoms with Gasteiger partial charge in [-0.25, -0.2) is 0 Å². The van der Waals surface area contributed by atoms with Gasteiger partial charge in [-0.1, -0.05) is 36.4 Å². The van der Waals surface area contributed by atoms with Crippen molar-refractivity contribution in [1.82, 2.24) is 5.32 Å². The molecule has 3 N–H and O–H groups in total. The minimum absolute atomic E-state index is 0.0908. The van der Waals surface area contributed by atoms with Crippen LogP contribution in [-0.2, 0) is 31.0 Å². The van der Waals surface area contributed by atoms with Gasteiger partial charge in [0, 0.05) is 61.4 Å². The first-order chi connectivity index (χ1) is 21.1. The molecular weight excluding hydrogens is 582 g/mol. The Bertz CT molecular complexity index is 1910. The summed E-state index contributed by atoms with van der Waals surface area (Å²) in [5.74, 6) is -2.71. The summed E-state index contributed by atoms with van der Waals surface area (Å²) in [6.07, 6.45) is 7.40. The van der Waals surface area contributed by atoms with Crippen LogP contribution in [0.25, 0.3) is 23.1 Å².